The average Bonchev–Trinajstić information content (AvgIpc) is 2.74. The van der Waals surface area contributed by atoms with E-state index >= 15 is 0 Å². The number of hydrogen-bond acceptors (Lipinski definition) is 2. The maximum Gasteiger partial charge on any atom is 0.425 e. The smallest absolute Gasteiger partial charge is 0.425 e. The monoisotopic (exact) mass is 456 g/mol. The summed E-state index contributed by atoms with van der Waals surface area (Å²) >= 11 is 0. The van der Waals surface area contributed by atoms with Crippen LogP contribution < -0.4 is 0 Å². The number of fused-ring (bicyclic) bond motifs is 2. The molecule has 0 saturated carbocycles. The van der Waals surface area contributed by atoms with Crippen molar-refractivity contribution >= 4 is 16.7 Å². The van der Waals surface area contributed by atoms with Crippen LogP contribution in [0.4, 0.5) is 13.2 Å². The molecule has 0 saturated heterocycles. The summed E-state index contributed by atoms with van der Waals surface area (Å²) in [5, 5.41) is 21.3. The van der Waals surface area contributed by atoms with Crippen LogP contribution in [0.15, 0.2) is 54.6 Å². The van der Waals surface area contributed by atoms with Crippen LogP contribution in [0.25, 0.3) is 10.8 Å². The fourth-order valence-corrected chi connectivity index (χ4v) is 4.91. The number of aromatic carboxylic acids is 1. The Morgan fingerprint density at radius 1 is 0.788 bits per heavy atom. The van der Waals surface area contributed by atoms with E-state index in [-0.39, 0.29) is 27.5 Å². The number of hydrogen-bond donors (Lipinski definition) is 2. The van der Waals surface area contributed by atoms with Crippen LogP contribution >= 0.6 is 0 Å². The first kappa shape index (κ1) is 23.3. The van der Waals surface area contributed by atoms with Crippen molar-refractivity contribution in [3.63, 3.8) is 0 Å². The van der Waals surface area contributed by atoms with Crippen LogP contribution in [0.5, 0.6) is 0 Å². The molecule has 4 rings (SSSR count). The molecule has 0 amide bonds. The summed E-state index contributed by atoms with van der Waals surface area (Å²) < 4.78 is 43.5. The van der Waals surface area contributed by atoms with Gasteiger partial charge >= 0.3 is 12.1 Å². The second kappa shape index (κ2) is 7.32. The van der Waals surface area contributed by atoms with Gasteiger partial charge in [-0.25, -0.2) is 4.79 Å². The Morgan fingerprint density at radius 3 is 1.91 bits per heavy atom. The molecule has 1 atom stereocenters. The lowest BCUT2D eigenvalue weighted by atomic mass is 9.62. The van der Waals surface area contributed by atoms with Gasteiger partial charge in [0, 0.05) is 0 Å². The molecule has 3 aromatic carbocycles. The summed E-state index contributed by atoms with van der Waals surface area (Å²) in [6.07, 6.45) is -3.20. The minimum Gasteiger partial charge on any atom is -0.478 e. The van der Waals surface area contributed by atoms with Crippen molar-refractivity contribution in [2.75, 3.05) is 0 Å². The maximum atomic E-state index is 14.5. The Bertz CT molecular complexity index is 1260. The van der Waals surface area contributed by atoms with Crippen molar-refractivity contribution in [2.45, 2.75) is 63.1 Å². The van der Waals surface area contributed by atoms with E-state index in [1.807, 2.05) is 13.8 Å². The summed E-state index contributed by atoms with van der Waals surface area (Å²) in [4.78, 5) is 11.2. The Morgan fingerprint density at radius 2 is 1.30 bits per heavy atom. The van der Waals surface area contributed by atoms with Crippen LogP contribution in [-0.2, 0) is 16.4 Å². The molecule has 1 aliphatic carbocycles. The van der Waals surface area contributed by atoms with Crippen molar-refractivity contribution in [3.8, 4) is 0 Å². The number of benzene rings is 3. The van der Waals surface area contributed by atoms with E-state index < -0.39 is 17.7 Å². The standard InChI is InChI=1S/C27H27F3O3/c1-24(2)11-12-25(3,4)22-15-20(9-10-21(22)24)26(33,27(28,29)30)19-8-7-16-13-18(23(31)32)6-5-17(16)14-19/h5-10,13-15,33H,11-12H2,1-4H3,(H,31,32). The van der Waals surface area contributed by atoms with Crippen molar-refractivity contribution in [1.82, 2.24) is 0 Å². The Hall–Kier alpha value is -2.86. The molecule has 2 N–H and O–H groups in total. The van der Waals surface area contributed by atoms with Crippen LogP contribution in [0.3, 0.4) is 0 Å². The van der Waals surface area contributed by atoms with Crippen molar-refractivity contribution in [2.24, 2.45) is 0 Å². The predicted molar refractivity (Wildman–Crippen MR) is 122 cm³/mol. The molecule has 33 heavy (non-hydrogen) atoms. The van der Waals surface area contributed by atoms with Gasteiger partial charge in [-0.05, 0) is 74.9 Å². The van der Waals surface area contributed by atoms with E-state index in [0.717, 1.165) is 24.0 Å². The molecule has 0 aliphatic heterocycles. The predicted octanol–water partition coefficient (Wildman–Crippen LogP) is 6.69. The van der Waals surface area contributed by atoms with E-state index in [4.69, 9.17) is 0 Å². The number of halogens is 3. The second-order valence-corrected chi connectivity index (χ2v) is 10.3. The van der Waals surface area contributed by atoms with E-state index in [0.29, 0.717) is 10.8 Å². The third kappa shape index (κ3) is 3.70. The molecule has 3 aromatic rings. The summed E-state index contributed by atoms with van der Waals surface area (Å²) in [5.41, 5.74) is -2.34. The highest BCUT2D eigenvalue weighted by Crippen LogP contribution is 2.50. The summed E-state index contributed by atoms with van der Waals surface area (Å²) in [6, 6.07) is 12.7. The highest BCUT2D eigenvalue weighted by molar-refractivity contribution is 5.94. The maximum absolute atomic E-state index is 14.5. The fourth-order valence-electron chi connectivity index (χ4n) is 4.91. The molecule has 0 bridgehead atoms. The van der Waals surface area contributed by atoms with Gasteiger partial charge < -0.3 is 10.2 Å². The summed E-state index contributed by atoms with van der Waals surface area (Å²) in [5.74, 6) is -1.12. The molecular weight excluding hydrogens is 429 g/mol. The van der Waals surface area contributed by atoms with Crippen LogP contribution in [-0.4, -0.2) is 22.4 Å². The van der Waals surface area contributed by atoms with E-state index in [1.165, 1.54) is 48.5 Å². The fraction of sp³-hybridized carbons (Fsp3) is 0.370. The molecule has 174 valence electrons. The van der Waals surface area contributed by atoms with Gasteiger partial charge in [-0.1, -0.05) is 64.1 Å². The zero-order chi connectivity index (χ0) is 24.4. The summed E-state index contributed by atoms with van der Waals surface area (Å²) in [6.45, 7) is 8.22. The molecular formula is C27H27F3O3. The summed E-state index contributed by atoms with van der Waals surface area (Å²) in [7, 11) is 0. The van der Waals surface area contributed by atoms with Crippen molar-refractivity contribution in [3.05, 3.63) is 82.4 Å². The van der Waals surface area contributed by atoms with Crippen molar-refractivity contribution in [1.29, 1.82) is 0 Å². The van der Waals surface area contributed by atoms with Gasteiger partial charge in [0.05, 0.1) is 5.56 Å². The molecule has 0 fully saturated rings. The zero-order valence-electron chi connectivity index (χ0n) is 19.0. The van der Waals surface area contributed by atoms with Crippen LogP contribution in [0, 0.1) is 0 Å². The first-order valence-corrected chi connectivity index (χ1v) is 10.9. The van der Waals surface area contributed by atoms with Gasteiger partial charge in [0.2, 0.25) is 5.60 Å². The zero-order valence-corrected chi connectivity index (χ0v) is 19.0. The normalized spacial score (nSPS) is 19.0. The second-order valence-electron chi connectivity index (χ2n) is 10.3. The number of carboxylic acids is 1. The van der Waals surface area contributed by atoms with Gasteiger partial charge in [0.1, 0.15) is 0 Å². The Labute approximate surface area is 190 Å². The SMILES string of the molecule is CC1(C)CCC(C)(C)c2cc(C(O)(c3ccc4cc(C(=O)O)ccc4c3)C(F)(F)F)ccc21. The van der Waals surface area contributed by atoms with E-state index in [1.54, 1.807) is 6.07 Å². The molecule has 0 heterocycles. The van der Waals surface area contributed by atoms with Crippen LogP contribution in [0.1, 0.15) is 73.1 Å². The molecule has 0 spiro atoms. The quantitative estimate of drug-likeness (QED) is 0.462. The third-order valence-corrected chi connectivity index (χ3v) is 7.19. The Kier molecular flexibility index (Phi) is 5.17. The van der Waals surface area contributed by atoms with Crippen LogP contribution in [0.2, 0.25) is 0 Å². The first-order chi connectivity index (χ1) is 15.2. The van der Waals surface area contributed by atoms with Gasteiger partial charge in [-0.2, -0.15) is 13.2 Å². The number of aliphatic hydroxyl groups is 1. The first-order valence-electron chi connectivity index (χ1n) is 10.9. The van der Waals surface area contributed by atoms with Crippen molar-refractivity contribution < 1.29 is 28.2 Å². The minimum absolute atomic E-state index is 0.0425. The number of carboxylic acid groups (broad SMARTS) is 1. The highest BCUT2D eigenvalue weighted by atomic mass is 19.4. The lowest BCUT2D eigenvalue weighted by Crippen LogP contribution is -2.44. The van der Waals surface area contributed by atoms with Gasteiger partial charge in [-0.3, -0.25) is 0 Å². The Balaban J connectivity index is 1.92. The third-order valence-electron chi connectivity index (χ3n) is 7.19. The molecule has 6 heteroatoms. The van der Waals surface area contributed by atoms with E-state index in [2.05, 4.69) is 13.8 Å². The minimum atomic E-state index is -4.97. The highest BCUT2D eigenvalue weighted by Gasteiger charge is 2.57. The number of rotatable bonds is 3. The molecule has 0 radical (unpaired) electrons. The van der Waals surface area contributed by atoms with Gasteiger partial charge in [0.15, 0.2) is 0 Å². The molecule has 3 nitrogen and oxygen atoms in total. The number of carbonyl (C=O) groups is 1. The topological polar surface area (TPSA) is 57.5 Å². The average molecular weight is 457 g/mol. The van der Waals surface area contributed by atoms with Gasteiger partial charge in [-0.15, -0.1) is 0 Å². The largest absolute Gasteiger partial charge is 0.478 e. The lowest BCUT2D eigenvalue weighted by molar-refractivity contribution is -0.248. The molecule has 1 unspecified atom stereocenters. The van der Waals surface area contributed by atoms with Gasteiger partial charge in [0.25, 0.3) is 0 Å². The van der Waals surface area contributed by atoms with E-state index in [9.17, 15) is 28.2 Å². The lowest BCUT2D eigenvalue weighted by Gasteiger charge is -2.43. The molecule has 0 aromatic heterocycles. The number of alkyl halides is 3. The molecule has 1 aliphatic rings.